The van der Waals surface area contributed by atoms with Crippen molar-refractivity contribution in [2.24, 2.45) is 5.73 Å². The van der Waals surface area contributed by atoms with Crippen LogP contribution in [-0.2, 0) is 23.9 Å². The third-order valence-electron chi connectivity index (χ3n) is 6.31. The summed E-state index contributed by atoms with van der Waals surface area (Å²) in [5.74, 6) is -3.34. The average molecular weight is 598 g/mol. The number of hydrogen-bond acceptors (Lipinski definition) is 10. The van der Waals surface area contributed by atoms with E-state index in [4.69, 9.17) is 10.5 Å². The van der Waals surface area contributed by atoms with E-state index >= 15 is 0 Å². The molecule has 2 unspecified atom stereocenters. The Balaban J connectivity index is 1.64. The summed E-state index contributed by atoms with van der Waals surface area (Å²) in [7, 11) is 0. The molecule has 1 saturated heterocycles. The molecule has 16 heteroatoms. The number of H-pyrrole nitrogens is 1. The third kappa shape index (κ3) is 5.97. The average Bonchev–Trinajstić information content (AvgIpc) is 2.96. The zero-order valence-corrected chi connectivity index (χ0v) is 23.1. The Morgan fingerprint density at radius 3 is 2.62 bits per heavy atom. The Labute approximate surface area is 242 Å². The highest BCUT2D eigenvalue weighted by molar-refractivity contribution is 8.00. The van der Waals surface area contributed by atoms with Crippen LogP contribution in [0.25, 0.3) is 0 Å². The van der Waals surface area contributed by atoms with Crippen molar-refractivity contribution in [3.63, 3.8) is 0 Å². The number of carboxylic acid groups (broad SMARTS) is 1. The molecular weight excluding hydrogens is 570 g/mol. The standard InChI is InChI=1S/C26H27N7O8S/c1-3-9-28-26-29-10-16(20(35)31-26)32(25(27)40)18(14-7-5-4-6-8-14)21(36)30-17-22(37)33-19(24(38)39)15(11-41-13(2)34)12-42-23(17)33/h3-8,10,17-18,23H,1,9,11-12H2,2H3,(H2,27,40)(H,30,36)(H,38,39)(H2,28,29,31,35)/t17?,18?,23-/m0/s1. The lowest BCUT2D eigenvalue weighted by atomic mass is 10.00. The van der Waals surface area contributed by atoms with E-state index in [2.05, 4.69) is 27.2 Å². The highest BCUT2D eigenvalue weighted by atomic mass is 32.2. The molecule has 4 amide bonds. The van der Waals surface area contributed by atoms with Crippen LogP contribution in [-0.4, -0.2) is 80.1 Å². The molecule has 1 aromatic carbocycles. The number of rotatable bonds is 11. The van der Waals surface area contributed by atoms with Gasteiger partial charge in [0.25, 0.3) is 11.5 Å². The number of aliphatic carboxylic acids is 1. The number of esters is 1. The van der Waals surface area contributed by atoms with Gasteiger partial charge in [-0.3, -0.25) is 34.0 Å². The van der Waals surface area contributed by atoms with E-state index in [0.717, 1.165) is 16.0 Å². The monoisotopic (exact) mass is 597 g/mol. The van der Waals surface area contributed by atoms with Gasteiger partial charge in [0.15, 0.2) is 0 Å². The van der Waals surface area contributed by atoms with Gasteiger partial charge < -0.3 is 26.2 Å². The van der Waals surface area contributed by atoms with Crippen LogP contribution in [0.1, 0.15) is 18.5 Å². The molecule has 2 aliphatic heterocycles. The molecule has 42 heavy (non-hydrogen) atoms. The molecule has 15 nitrogen and oxygen atoms in total. The number of fused-ring (bicyclic) bond motifs is 1. The Morgan fingerprint density at radius 1 is 1.31 bits per heavy atom. The van der Waals surface area contributed by atoms with Gasteiger partial charge in [0.2, 0.25) is 11.9 Å². The van der Waals surface area contributed by atoms with Crippen LogP contribution in [0.2, 0.25) is 0 Å². The normalized spacial score (nSPS) is 18.2. The number of thioether (sulfide) groups is 1. The van der Waals surface area contributed by atoms with E-state index in [9.17, 15) is 33.9 Å². The second-order valence-corrected chi connectivity index (χ2v) is 10.2. The number of amides is 4. The van der Waals surface area contributed by atoms with E-state index in [-0.39, 0.29) is 40.8 Å². The molecule has 0 spiro atoms. The van der Waals surface area contributed by atoms with E-state index in [1.54, 1.807) is 36.4 Å². The largest absolute Gasteiger partial charge is 0.477 e. The predicted molar refractivity (Wildman–Crippen MR) is 151 cm³/mol. The summed E-state index contributed by atoms with van der Waals surface area (Å²) in [5, 5.41) is 14.4. The van der Waals surface area contributed by atoms with Gasteiger partial charge in [-0.15, -0.1) is 18.3 Å². The molecule has 0 aliphatic carbocycles. The zero-order chi connectivity index (χ0) is 30.6. The number of β-lactam (4-membered cyclic amide) rings is 1. The van der Waals surface area contributed by atoms with Gasteiger partial charge >= 0.3 is 18.0 Å². The number of nitrogens with two attached hydrogens (primary N) is 1. The lowest BCUT2D eigenvalue weighted by molar-refractivity contribution is -0.151. The molecule has 2 aliphatic rings. The molecule has 0 bridgehead atoms. The first-order chi connectivity index (χ1) is 20.0. The number of aromatic amines is 1. The number of nitrogens with one attached hydrogen (secondary N) is 3. The lowest BCUT2D eigenvalue weighted by Crippen LogP contribution is -2.71. The number of carbonyl (C=O) groups excluding carboxylic acids is 4. The van der Waals surface area contributed by atoms with Crippen molar-refractivity contribution in [3.05, 3.63) is 76.4 Å². The fourth-order valence-electron chi connectivity index (χ4n) is 4.47. The highest BCUT2D eigenvalue weighted by Crippen LogP contribution is 2.41. The highest BCUT2D eigenvalue weighted by Gasteiger charge is 2.55. The summed E-state index contributed by atoms with van der Waals surface area (Å²) in [4.78, 5) is 84.2. The van der Waals surface area contributed by atoms with Gasteiger partial charge in [-0.1, -0.05) is 36.4 Å². The summed E-state index contributed by atoms with van der Waals surface area (Å²) in [6.45, 7) is 4.74. The molecule has 1 fully saturated rings. The van der Waals surface area contributed by atoms with E-state index in [0.29, 0.717) is 6.54 Å². The van der Waals surface area contributed by atoms with E-state index in [1.807, 2.05) is 0 Å². The number of anilines is 2. The van der Waals surface area contributed by atoms with Crippen molar-refractivity contribution in [1.82, 2.24) is 20.2 Å². The van der Waals surface area contributed by atoms with Crippen LogP contribution in [0, 0.1) is 0 Å². The molecule has 0 radical (unpaired) electrons. The van der Waals surface area contributed by atoms with Crippen LogP contribution in [0.3, 0.4) is 0 Å². The van der Waals surface area contributed by atoms with Crippen LogP contribution in [0.15, 0.2) is 65.2 Å². The maximum atomic E-state index is 13.8. The number of ether oxygens (including phenoxy) is 1. The van der Waals surface area contributed by atoms with Crippen LogP contribution >= 0.6 is 11.8 Å². The number of aromatic nitrogens is 2. The van der Waals surface area contributed by atoms with Gasteiger partial charge in [-0.05, 0) is 5.56 Å². The number of urea groups is 1. The molecule has 0 saturated carbocycles. The molecule has 6 N–H and O–H groups in total. The summed E-state index contributed by atoms with van der Waals surface area (Å²) in [5.41, 5.74) is 4.76. The Morgan fingerprint density at radius 2 is 2.02 bits per heavy atom. The number of carbonyl (C=O) groups is 5. The van der Waals surface area contributed by atoms with Gasteiger partial charge in [0, 0.05) is 24.8 Å². The predicted octanol–water partition coefficient (Wildman–Crippen LogP) is 0.296. The summed E-state index contributed by atoms with van der Waals surface area (Å²) < 4.78 is 4.93. The maximum Gasteiger partial charge on any atom is 0.352 e. The maximum absolute atomic E-state index is 13.8. The minimum Gasteiger partial charge on any atom is -0.477 e. The minimum absolute atomic E-state index is 0.0959. The third-order valence-corrected chi connectivity index (χ3v) is 7.65. The van der Waals surface area contributed by atoms with E-state index < -0.39 is 52.8 Å². The van der Waals surface area contributed by atoms with Crippen molar-refractivity contribution in [2.45, 2.75) is 24.4 Å². The Hall–Kier alpha value is -5.12. The molecule has 4 rings (SSSR count). The Kier molecular flexibility index (Phi) is 8.95. The first-order valence-electron chi connectivity index (χ1n) is 12.5. The van der Waals surface area contributed by atoms with E-state index in [1.165, 1.54) is 18.7 Å². The molecule has 3 atom stereocenters. The quantitative estimate of drug-likeness (QED) is 0.135. The van der Waals surface area contributed by atoms with Crippen LogP contribution < -0.4 is 26.8 Å². The molecule has 1 aromatic heterocycles. The van der Waals surface area contributed by atoms with Crippen LogP contribution in [0.4, 0.5) is 16.4 Å². The zero-order valence-electron chi connectivity index (χ0n) is 22.2. The summed E-state index contributed by atoms with van der Waals surface area (Å²) in [6.07, 6.45) is 2.63. The second kappa shape index (κ2) is 12.6. The summed E-state index contributed by atoms with van der Waals surface area (Å²) in [6, 6.07) is 4.19. The van der Waals surface area contributed by atoms with Gasteiger partial charge in [0.1, 0.15) is 35.4 Å². The molecule has 220 valence electrons. The summed E-state index contributed by atoms with van der Waals surface area (Å²) >= 11 is 1.17. The number of carboxylic acids is 1. The molecular formula is C26H27N7O8S. The number of hydrogen-bond donors (Lipinski definition) is 5. The first-order valence-corrected chi connectivity index (χ1v) is 13.5. The Bertz CT molecular complexity index is 1530. The van der Waals surface area contributed by atoms with Crippen LogP contribution in [0.5, 0.6) is 0 Å². The number of benzene rings is 1. The fraction of sp³-hybridized carbons (Fsp3) is 0.269. The van der Waals surface area contributed by atoms with Crippen molar-refractivity contribution in [3.8, 4) is 0 Å². The molecule has 2 aromatic rings. The van der Waals surface area contributed by atoms with Crippen molar-refractivity contribution in [1.29, 1.82) is 0 Å². The topological polar surface area (TPSA) is 217 Å². The van der Waals surface area contributed by atoms with Crippen molar-refractivity contribution < 1.29 is 33.8 Å². The lowest BCUT2D eigenvalue weighted by Gasteiger charge is -2.49. The SMILES string of the molecule is C=CCNc1ncc(N(C(N)=O)C(C(=O)NC2C(=O)N3C(C(=O)O)=C(COC(C)=O)CS[C@@H]23)c2ccccc2)c(=O)[nH]1. The number of primary amides is 1. The second-order valence-electron chi connectivity index (χ2n) is 9.07. The van der Waals surface area contributed by atoms with Gasteiger partial charge in [-0.2, -0.15) is 0 Å². The molecule has 3 heterocycles. The smallest absolute Gasteiger partial charge is 0.352 e. The minimum atomic E-state index is -1.50. The fourth-order valence-corrected chi connectivity index (χ4v) is 5.80. The number of nitrogens with zero attached hydrogens (tertiary/aromatic N) is 3. The first kappa shape index (κ1) is 29.9. The van der Waals surface area contributed by atoms with Crippen molar-refractivity contribution in [2.75, 3.05) is 29.1 Å². The van der Waals surface area contributed by atoms with Gasteiger partial charge in [-0.25, -0.2) is 14.6 Å². The van der Waals surface area contributed by atoms with Gasteiger partial charge in [0.05, 0.1) is 6.20 Å². The van der Waals surface area contributed by atoms with Crippen molar-refractivity contribution >= 4 is 53.2 Å².